The van der Waals surface area contributed by atoms with Crippen molar-refractivity contribution in [2.45, 2.75) is 39.2 Å². The van der Waals surface area contributed by atoms with Gasteiger partial charge >= 0.3 is 11.8 Å². The van der Waals surface area contributed by atoms with Crippen LogP contribution in [0.3, 0.4) is 0 Å². The second kappa shape index (κ2) is 8.25. The van der Waals surface area contributed by atoms with Crippen molar-refractivity contribution in [3.63, 3.8) is 0 Å². The zero-order valence-corrected chi connectivity index (χ0v) is 16.2. The molecule has 0 aromatic heterocycles. The molecule has 6 heteroatoms. The molecule has 1 aliphatic rings. The molecule has 1 aliphatic heterocycles. The molecule has 1 saturated heterocycles. The number of benzene rings is 2. The lowest BCUT2D eigenvalue weighted by Gasteiger charge is -2.25. The van der Waals surface area contributed by atoms with Crippen LogP contribution in [-0.4, -0.2) is 29.2 Å². The average Bonchev–Trinajstić information content (AvgIpc) is 3.14. The van der Waals surface area contributed by atoms with Gasteiger partial charge < -0.3 is 16.0 Å². The Balaban J connectivity index is 1.68. The fourth-order valence-electron chi connectivity index (χ4n) is 3.55. The number of hydrogen-bond acceptors (Lipinski definition) is 3. The number of primary amides is 1. The predicted molar refractivity (Wildman–Crippen MR) is 108 cm³/mol. The van der Waals surface area contributed by atoms with Crippen molar-refractivity contribution in [3.05, 3.63) is 64.7 Å². The molecule has 1 atom stereocenters. The number of nitrogens with two attached hydrogens (primary N) is 1. The SMILES string of the molecule is Cc1ccc(C2CCCN2C(=O)C(=O)Nc2ccc(CC(N)=O)cc2)cc1C. The van der Waals surface area contributed by atoms with Gasteiger partial charge in [-0.1, -0.05) is 30.3 Å². The molecule has 2 aromatic carbocycles. The molecule has 0 bridgehead atoms. The molecular weight excluding hydrogens is 354 g/mol. The average molecular weight is 379 g/mol. The highest BCUT2D eigenvalue weighted by Gasteiger charge is 2.33. The van der Waals surface area contributed by atoms with E-state index in [1.165, 1.54) is 11.1 Å². The van der Waals surface area contributed by atoms with E-state index in [9.17, 15) is 14.4 Å². The minimum absolute atomic E-state index is 0.0736. The Kier molecular flexibility index (Phi) is 5.78. The van der Waals surface area contributed by atoms with Gasteiger partial charge in [-0.2, -0.15) is 0 Å². The zero-order valence-electron chi connectivity index (χ0n) is 16.2. The maximum Gasteiger partial charge on any atom is 0.313 e. The maximum atomic E-state index is 12.8. The van der Waals surface area contributed by atoms with Gasteiger partial charge in [0.15, 0.2) is 0 Å². The lowest BCUT2D eigenvalue weighted by molar-refractivity contribution is -0.143. The van der Waals surface area contributed by atoms with Gasteiger partial charge in [-0.05, 0) is 61.1 Å². The molecule has 3 amide bonds. The topological polar surface area (TPSA) is 92.5 Å². The van der Waals surface area contributed by atoms with Gasteiger partial charge in [-0.25, -0.2) is 0 Å². The highest BCUT2D eigenvalue weighted by molar-refractivity contribution is 6.39. The van der Waals surface area contributed by atoms with Crippen LogP contribution in [0.15, 0.2) is 42.5 Å². The van der Waals surface area contributed by atoms with Gasteiger partial charge in [0.25, 0.3) is 0 Å². The molecule has 28 heavy (non-hydrogen) atoms. The van der Waals surface area contributed by atoms with Crippen LogP contribution >= 0.6 is 0 Å². The molecule has 0 aliphatic carbocycles. The first kappa shape index (κ1) is 19.6. The van der Waals surface area contributed by atoms with Gasteiger partial charge in [0.2, 0.25) is 5.91 Å². The van der Waals surface area contributed by atoms with E-state index >= 15 is 0 Å². The number of carbonyl (C=O) groups excluding carboxylic acids is 3. The summed E-state index contributed by atoms with van der Waals surface area (Å²) in [5.74, 6) is -1.60. The largest absolute Gasteiger partial charge is 0.369 e. The van der Waals surface area contributed by atoms with Gasteiger partial charge in [0, 0.05) is 12.2 Å². The van der Waals surface area contributed by atoms with Crippen molar-refractivity contribution in [1.29, 1.82) is 0 Å². The highest BCUT2D eigenvalue weighted by atomic mass is 16.2. The molecule has 0 saturated carbocycles. The van der Waals surface area contributed by atoms with E-state index in [0.29, 0.717) is 12.2 Å². The summed E-state index contributed by atoms with van der Waals surface area (Å²) < 4.78 is 0. The Morgan fingerprint density at radius 1 is 1.07 bits per heavy atom. The molecule has 6 nitrogen and oxygen atoms in total. The van der Waals surface area contributed by atoms with Crippen LogP contribution < -0.4 is 11.1 Å². The maximum absolute atomic E-state index is 12.8. The number of aryl methyl sites for hydroxylation is 2. The van der Waals surface area contributed by atoms with E-state index in [-0.39, 0.29) is 12.5 Å². The molecule has 3 N–H and O–H groups in total. The van der Waals surface area contributed by atoms with Crippen molar-refractivity contribution in [2.75, 3.05) is 11.9 Å². The minimum Gasteiger partial charge on any atom is -0.369 e. The minimum atomic E-state index is -0.654. The fourth-order valence-corrected chi connectivity index (χ4v) is 3.55. The number of hydrogen-bond donors (Lipinski definition) is 2. The Bertz CT molecular complexity index is 906. The predicted octanol–water partition coefficient (Wildman–Crippen LogP) is 2.63. The second-order valence-electron chi connectivity index (χ2n) is 7.29. The number of rotatable bonds is 4. The Labute approximate surface area is 164 Å². The summed E-state index contributed by atoms with van der Waals surface area (Å²) in [5, 5.41) is 2.65. The molecule has 146 valence electrons. The molecule has 3 rings (SSSR count). The summed E-state index contributed by atoms with van der Waals surface area (Å²) >= 11 is 0. The zero-order chi connectivity index (χ0) is 20.3. The normalized spacial score (nSPS) is 16.1. The van der Waals surface area contributed by atoms with Crippen LogP contribution in [0.25, 0.3) is 0 Å². The monoisotopic (exact) mass is 379 g/mol. The summed E-state index contributed by atoms with van der Waals surface area (Å²) in [6.07, 6.45) is 1.86. The van der Waals surface area contributed by atoms with E-state index in [2.05, 4.69) is 31.3 Å². The van der Waals surface area contributed by atoms with Gasteiger partial charge in [0.1, 0.15) is 0 Å². The van der Waals surface area contributed by atoms with Crippen LogP contribution in [0.1, 0.15) is 41.1 Å². The summed E-state index contributed by atoms with van der Waals surface area (Å²) in [4.78, 5) is 37.8. The van der Waals surface area contributed by atoms with E-state index in [0.717, 1.165) is 24.0 Å². The number of nitrogens with one attached hydrogen (secondary N) is 1. The molecule has 1 heterocycles. The molecule has 1 unspecified atom stereocenters. The van der Waals surface area contributed by atoms with Gasteiger partial charge in [-0.15, -0.1) is 0 Å². The third-order valence-corrected chi connectivity index (χ3v) is 5.21. The van der Waals surface area contributed by atoms with Crippen molar-refractivity contribution in [2.24, 2.45) is 5.73 Å². The third kappa shape index (κ3) is 4.39. The van der Waals surface area contributed by atoms with Crippen molar-refractivity contribution in [1.82, 2.24) is 4.90 Å². The fraction of sp³-hybridized carbons (Fsp3) is 0.318. The van der Waals surface area contributed by atoms with Crippen LogP contribution in [0.2, 0.25) is 0 Å². The summed E-state index contributed by atoms with van der Waals surface area (Å²) in [7, 11) is 0. The number of amides is 3. The number of likely N-dealkylation sites (tertiary alicyclic amines) is 1. The first-order valence-corrected chi connectivity index (χ1v) is 9.41. The smallest absolute Gasteiger partial charge is 0.313 e. The number of carbonyl (C=O) groups is 3. The van der Waals surface area contributed by atoms with Crippen molar-refractivity contribution in [3.8, 4) is 0 Å². The number of nitrogens with zero attached hydrogens (tertiary/aromatic N) is 1. The molecule has 0 spiro atoms. The van der Waals surface area contributed by atoms with E-state index < -0.39 is 17.7 Å². The summed E-state index contributed by atoms with van der Waals surface area (Å²) in [5.41, 5.74) is 9.89. The van der Waals surface area contributed by atoms with Crippen LogP contribution in [0.5, 0.6) is 0 Å². The van der Waals surface area contributed by atoms with Crippen molar-refractivity contribution >= 4 is 23.4 Å². The number of anilines is 1. The first-order chi connectivity index (χ1) is 13.3. The Morgan fingerprint density at radius 2 is 1.79 bits per heavy atom. The van der Waals surface area contributed by atoms with E-state index in [1.54, 1.807) is 29.2 Å². The molecule has 2 aromatic rings. The lowest BCUT2D eigenvalue weighted by Crippen LogP contribution is -2.39. The Hall–Kier alpha value is -3.15. The summed E-state index contributed by atoms with van der Waals surface area (Å²) in [6, 6.07) is 12.9. The van der Waals surface area contributed by atoms with E-state index in [1.807, 2.05) is 6.07 Å². The lowest BCUT2D eigenvalue weighted by atomic mass is 9.99. The molecule has 1 fully saturated rings. The van der Waals surface area contributed by atoms with Gasteiger partial charge in [0.05, 0.1) is 12.5 Å². The van der Waals surface area contributed by atoms with Crippen molar-refractivity contribution < 1.29 is 14.4 Å². The standard InChI is InChI=1S/C22H25N3O3/c1-14-5-8-17(12-15(14)2)19-4-3-11-25(19)22(28)21(27)24-18-9-6-16(7-10-18)13-20(23)26/h5-10,12,19H,3-4,11,13H2,1-2H3,(H2,23,26)(H,24,27). The van der Waals surface area contributed by atoms with Crippen LogP contribution in [0, 0.1) is 13.8 Å². The Morgan fingerprint density at radius 3 is 2.43 bits per heavy atom. The summed E-state index contributed by atoms with van der Waals surface area (Å²) in [6.45, 7) is 4.68. The first-order valence-electron chi connectivity index (χ1n) is 9.41. The van der Waals surface area contributed by atoms with E-state index in [4.69, 9.17) is 5.73 Å². The van der Waals surface area contributed by atoms with Crippen LogP contribution in [-0.2, 0) is 20.8 Å². The molecule has 0 radical (unpaired) electrons. The molecular formula is C22H25N3O3. The van der Waals surface area contributed by atoms with Crippen LogP contribution in [0.4, 0.5) is 5.69 Å². The van der Waals surface area contributed by atoms with Gasteiger partial charge in [-0.3, -0.25) is 14.4 Å². The third-order valence-electron chi connectivity index (χ3n) is 5.21. The second-order valence-corrected chi connectivity index (χ2v) is 7.29. The highest BCUT2D eigenvalue weighted by Crippen LogP contribution is 2.33. The quantitative estimate of drug-likeness (QED) is 0.800.